The second-order valence-corrected chi connectivity index (χ2v) is 7.66. The predicted molar refractivity (Wildman–Crippen MR) is 100 cm³/mol. The van der Waals surface area contributed by atoms with E-state index in [0.29, 0.717) is 31.7 Å². The minimum Gasteiger partial charge on any atom is -1.00 e. The number of hydrogen-bond donors (Lipinski definition) is 1. The fourth-order valence-corrected chi connectivity index (χ4v) is 2.73. The molecule has 27 heavy (non-hydrogen) atoms. The zero-order valence-electron chi connectivity index (χ0n) is 18.1. The molecule has 0 saturated carbocycles. The number of carboxylic acids is 1. The molecule has 0 aliphatic carbocycles. The molecule has 0 radical (unpaired) electrons. The number of benzene rings is 1. The molecule has 1 fully saturated rings. The summed E-state index contributed by atoms with van der Waals surface area (Å²) in [5.41, 5.74) is 0.495. The van der Waals surface area contributed by atoms with Gasteiger partial charge in [0, 0.05) is 51.8 Å². The number of carbonyl (C=O) groups excluding carboxylic acids is 1. The molecule has 0 bridgehead atoms. The van der Waals surface area contributed by atoms with Crippen LogP contribution in [0.2, 0.25) is 0 Å². The van der Waals surface area contributed by atoms with Crippen LogP contribution in [-0.4, -0.2) is 61.0 Å². The SMILES string of the molecule is CN(C)c1ccc(C(=O)O)c(OC2CCN(C(=O)OC(C)(C)C)CC2)c1.[H-].[K+]. The molecule has 0 atom stereocenters. The molecule has 8 heteroatoms. The Bertz CT molecular complexity index is 671. The molecule has 1 aliphatic heterocycles. The van der Waals surface area contributed by atoms with Crippen molar-refractivity contribution in [2.75, 3.05) is 32.1 Å². The molecule has 1 amide bonds. The van der Waals surface area contributed by atoms with Crippen molar-refractivity contribution in [2.24, 2.45) is 0 Å². The molecule has 1 aliphatic rings. The Labute approximate surface area is 204 Å². The van der Waals surface area contributed by atoms with Gasteiger partial charge in [0.05, 0.1) is 0 Å². The summed E-state index contributed by atoms with van der Waals surface area (Å²) in [4.78, 5) is 27.1. The molecule has 0 unspecified atom stereocenters. The molecule has 146 valence electrons. The van der Waals surface area contributed by atoms with Crippen molar-refractivity contribution in [3.05, 3.63) is 23.8 Å². The molecule has 0 spiro atoms. The van der Waals surface area contributed by atoms with Crippen LogP contribution in [0.5, 0.6) is 5.75 Å². The summed E-state index contributed by atoms with van der Waals surface area (Å²) in [6.45, 7) is 6.56. The average molecular weight is 405 g/mol. The van der Waals surface area contributed by atoms with Gasteiger partial charge in [-0.3, -0.25) is 0 Å². The van der Waals surface area contributed by atoms with E-state index in [1.807, 2.05) is 39.8 Å². The Morgan fingerprint density at radius 1 is 1.22 bits per heavy atom. The van der Waals surface area contributed by atoms with Gasteiger partial charge in [-0.1, -0.05) is 0 Å². The summed E-state index contributed by atoms with van der Waals surface area (Å²) >= 11 is 0. The van der Waals surface area contributed by atoms with E-state index in [9.17, 15) is 14.7 Å². The molecule has 0 aromatic heterocycles. The Hall–Kier alpha value is -0.804. The summed E-state index contributed by atoms with van der Waals surface area (Å²) in [7, 11) is 3.78. The summed E-state index contributed by atoms with van der Waals surface area (Å²) in [6.07, 6.45) is 0.801. The average Bonchev–Trinajstić information content (AvgIpc) is 2.53. The first-order valence-corrected chi connectivity index (χ1v) is 8.76. The van der Waals surface area contributed by atoms with Gasteiger partial charge < -0.3 is 25.8 Å². The molecule has 1 heterocycles. The van der Waals surface area contributed by atoms with Crippen molar-refractivity contribution in [2.45, 2.75) is 45.3 Å². The van der Waals surface area contributed by atoms with Crippen LogP contribution in [0.15, 0.2) is 18.2 Å². The maximum absolute atomic E-state index is 12.1. The van der Waals surface area contributed by atoms with Gasteiger partial charge in [0.2, 0.25) is 0 Å². The van der Waals surface area contributed by atoms with Crippen LogP contribution in [0.1, 0.15) is 45.4 Å². The van der Waals surface area contributed by atoms with Crippen molar-refractivity contribution < 1.29 is 77.0 Å². The molecule has 2 rings (SSSR count). The molecule has 1 aromatic carbocycles. The number of aromatic carboxylic acids is 1. The van der Waals surface area contributed by atoms with Crippen LogP contribution in [0.4, 0.5) is 10.5 Å². The monoisotopic (exact) mass is 404 g/mol. The predicted octanol–water partition coefficient (Wildman–Crippen LogP) is 0.346. The number of carbonyl (C=O) groups is 2. The first-order chi connectivity index (χ1) is 12.1. The number of rotatable bonds is 4. The van der Waals surface area contributed by atoms with Gasteiger partial charge in [-0.15, -0.1) is 0 Å². The van der Waals surface area contributed by atoms with Crippen LogP contribution in [-0.2, 0) is 4.74 Å². The Kier molecular flexibility index (Phi) is 9.08. The van der Waals surface area contributed by atoms with Crippen LogP contribution >= 0.6 is 0 Å². The van der Waals surface area contributed by atoms with Crippen molar-refractivity contribution in [1.29, 1.82) is 0 Å². The van der Waals surface area contributed by atoms with E-state index in [0.717, 1.165) is 5.69 Å². The Morgan fingerprint density at radius 3 is 2.30 bits per heavy atom. The van der Waals surface area contributed by atoms with Gasteiger partial charge in [-0.05, 0) is 32.9 Å². The van der Waals surface area contributed by atoms with Gasteiger partial charge in [0.25, 0.3) is 0 Å². The smallest absolute Gasteiger partial charge is 1.00 e. The van der Waals surface area contributed by atoms with E-state index in [1.54, 1.807) is 23.1 Å². The van der Waals surface area contributed by atoms with Gasteiger partial charge in [-0.25, -0.2) is 9.59 Å². The van der Waals surface area contributed by atoms with Crippen LogP contribution in [0, 0.1) is 0 Å². The number of anilines is 1. The zero-order valence-corrected chi connectivity index (χ0v) is 20.2. The standard InChI is InChI=1S/C19H28N2O5.K.H/c1-19(2,3)26-18(24)21-10-8-14(9-11-21)25-16-12-13(20(4)5)6-7-15(16)17(22)23;;/h6-7,12,14H,8-11H2,1-5H3,(H,22,23);;/q;+1;-1. The maximum atomic E-state index is 12.1. The molecular weight excluding hydrogens is 375 g/mol. The number of hydrogen-bond acceptors (Lipinski definition) is 5. The van der Waals surface area contributed by atoms with E-state index in [4.69, 9.17) is 9.47 Å². The van der Waals surface area contributed by atoms with Crippen molar-refractivity contribution in [3.63, 3.8) is 0 Å². The van der Waals surface area contributed by atoms with Gasteiger partial charge >= 0.3 is 63.4 Å². The minimum absolute atomic E-state index is 0. The topological polar surface area (TPSA) is 79.3 Å². The third-order valence-corrected chi connectivity index (χ3v) is 4.10. The summed E-state index contributed by atoms with van der Waals surface area (Å²) in [5.74, 6) is -0.657. The Balaban J connectivity index is 0.00000364. The van der Waals surface area contributed by atoms with Crippen molar-refractivity contribution >= 4 is 17.7 Å². The van der Waals surface area contributed by atoms with Crippen molar-refractivity contribution in [1.82, 2.24) is 4.90 Å². The first kappa shape index (κ1) is 24.2. The quantitative estimate of drug-likeness (QED) is 0.730. The van der Waals surface area contributed by atoms with E-state index < -0.39 is 11.6 Å². The maximum Gasteiger partial charge on any atom is 1.00 e. The number of ether oxygens (including phenoxy) is 2. The fourth-order valence-electron chi connectivity index (χ4n) is 2.73. The number of likely N-dealkylation sites (tertiary alicyclic amines) is 1. The fraction of sp³-hybridized carbons (Fsp3) is 0.579. The zero-order chi connectivity index (χ0) is 19.5. The Morgan fingerprint density at radius 2 is 1.81 bits per heavy atom. The number of nitrogens with zero attached hydrogens (tertiary/aromatic N) is 2. The first-order valence-electron chi connectivity index (χ1n) is 8.76. The van der Waals surface area contributed by atoms with Crippen LogP contribution in [0.25, 0.3) is 0 Å². The van der Waals surface area contributed by atoms with Gasteiger partial charge in [-0.2, -0.15) is 0 Å². The second-order valence-electron chi connectivity index (χ2n) is 7.66. The van der Waals surface area contributed by atoms with Gasteiger partial charge in [0.1, 0.15) is 23.0 Å². The second kappa shape index (κ2) is 10.1. The largest absolute Gasteiger partial charge is 1.00 e. The minimum atomic E-state index is -1.02. The third-order valence-electron chi connectivity index (χ3n) is 4.10. The van der Waals surface area contributed by atoms with E-state index in [1.165, 1.54) is 0 Å². The van der Waals surface area contributed by atoms with E-state index in [-0.39, 0.29) is 70.6 Å². The number of amides is 1. The number of carboxylic acid groups (broad SMARTS) is 1. The number of piperidine rings is 1. The summed E-state index contributed by atoms with van der Waals surface area (Å²) < 4.78 is 11.4. The van der Waals surface area contributed by atoms with E-state index >= 15 is 0 Å². The normalized spacial score (nSPS) is 14.9. The van der Waals surface area contributed by atoms with Crippen LogP contribution in [0.3, 0.4) is 0 Å². The van der Waals surface area contributed by atoms with E-state index in [2.05, 4.69) is 0 Å². The molecule has 1 N–H and O–H groups in total. The molecule has 1 saturated heterocycles. The molecule has 7 nitrogen and oxygen atoms in total. The van der Waals surface area contributed by atoms with Crippen LogP contribution < -0.4 is 61.0 Å². The van der Waals surface area contributed by atoms with Crippen molar-refractivity contribution in [3.8, 4) is 5.75 Å². The van der Waals surface area contributed by atoms with Gasteiger partial charge in [0.15, 0.2) is 0 Å². The summed E-state index contributed by atoms with van der Waals surface area (Å²) in [5, 5.41) is 9.38. The molecule has 1 aromatic rings. The third kappa shape index (κ3) is 7.27. The molecular formula is C19H29KN2O5. The summed E-state index contributed by atoms with van der Waals surface area (Å²) in [6, 6.07) is 5.05.